The Kier molecular flexibility index (Phi) is 6.77. The number of aliphatic carboxylic acids is 1. The van der Waals surface area contributed by atoms with Crippen molar-refractivity contribution in [3.8, 4) is 0 Å². The number of anilines is 1. The number of nitrogens with zero attached hydrogens (tertiary/aromatic N) is 1. The molecule has 2 fully saturated rings. The summed E-state index contributed by atoms with van der Waals surface area (Å²) in [7, 11) is 0. The van der Waals surface area contributed by atoms with Gasteiger partial charge in [-0.05, 0) is 43.4 Å². The quantitative estimate of drug-likeness (QED) is 0.667. The fraction of sp³-hybridized carbons (Fsp3) is 0.550. The zero-order chi connectivity index (χ0) is 19.2. The van der Waals surface area contributed by atoms with E-state index in [-0.39, 0.29) is 30.1 Å². The van der Waals surface area contributed by atoms with E-state index in [0.717, 1.165) is 43.5 Å². The Balaban J connectivity index is 1.50. The van der Waals surface area contributed by atoms with Crippen LogP contribution in [-0.4, -0.2) is 46.6 Å². The SMILES string of the molecule is O=C(O)CCSCc1cccc(NC(=O)C2CCCN(C(=O)C3CC3)C2)c1. The van der Waals surface area contributed by atoms with Crippen molar-refractivity contribution in [2.24, 2.45) is 11.8 Å². The smallest absolute Gasteiger partial charge is 0.304 e. The van der Waals surface area contributed by atoms with Crippen LogP contribution in [0.2, 0.25) is 0 Å². The third-order valence-corrected chi connectivity index (χ3v) is 5.98. The summed E-state index contributed by atoms with van der Waals surface area (Å²) in [6, 6.07) is 7.66. The number of carboxylic acids is 1. The summed E-state index contributed by atoms with van der Waals surface area (Å²) in [6.07, 6.45) is 3.81. The number of piperidine rings is 1. The first kappa shape index (κ1) is 19.7. The molecule has 2 aliphatic rings. The highest BCUT2D eigenvalue weighted by molar-refractivity contribution is 7.98. The van der Waals surface area contributed by atoms with Gasteiger partial charge in [-0.15, -0.1) is 0 Å². The Bertz CT molecular complexity index is 705. The first-order valence-electron chi connectivity index (χ1n) is 9.51. The van der Waals surface area contributed by atoms with Gasteiger partial charge in [0.15, 0.2) is 0 Å². The fourth-order valence-corrected chi connectivity index (χ4v) is 4.19. The molecule has 0 aromatic heterocycles. The summed E-state index contributed by atoms with van der Waals surface area (Å²) in [5.41, 5.74) is 1.80. The number of rotatable bonds is 8. The fourth-order valence-electron chi connectivity index (χ4n) is 3.31. The maximum absolute atomic E-state index is 12.6. The third kappa shape index (κ3) is 5.99. The Morgan fingerprint density at radius 3 is 2.74 bits per heavy atom. The van der Waals surface area contributed by atoms with Crippen LogP contribution in [0.1, 0.15) is 37.7 Å². The van der Waals surface area contributed by atoms with E-state index >= 15 is 0 Å². The molecule has 146 valence electrons. The van der Waals surface area contributed by atoms with Crippen molar-refractivity contribution in [2.75, 3.05) is 24.2 Å². The van der Waals surface area contributed by atoms with E-state index in [1.54, 1.807) is 11.8 Å². The number of thioether (sulfide) groups is 1. The van der Waals surface area contributed by atoms with Crippen LogP contribution in [-0.2, 0) is 20.1 Å². The molecule has 1 aromatic rings. The van der Waals surface area contributed by atoms with Gasteiger partial charge >= 0.3 is 5.97 Å². The highest BCUT2D eigenvalue weighted by Crippen LogP contribution is 2.32. The molecular weight excluding hydrogens is 364 g/mol. The Morgan fingerprint density at radius 2 is 2.00 bits per heavy atom. The minimum Gasteiger partial charge on any atom is -0.481 e. The van der Waals surface area contributed by atoms with Crippen molar-refractivity contribution in [3.05, 3.63) is 29.8 Å². The zero-order valence-corrected chi connectivity index (χ0v) is 16.2. The maximum atomic E-state index is 12.6. The van der Waals surface area contributed by atoms with Gasteiger partial charge < -0.3 is 15.3 Å². The Labute approximate surface area is 163 Å². The van der Waals surface area contributed by atoms with Crippen LogP contribution in [0.5, 0.6) is 0 Å². The van der Waals surface area contributed by atoms with E-state index in [4.69, 9.17) is 5.11 Å². The normalized spacial score (nSPS) is 19.6. The molecule has 7 heteroatoms. The number of amides is 2. The molecule has 1 saturated heterocycles. The molecule has 1 atom stereocenters. The highest BCUT2D eigenvalue weighted by atomic mass is 32.2. The van der Waals surface area contributed by atoms with Crippen LogP contribution in [0, 0.1) is 11.8 Å². The topological polar surface area (TPSA) is 86.7 Å². The van der Waals surface area contributed by atoms with Crippen molar-refractivity contribution >= 4 is 35.2 Å². The average Bonchev–Trinajstić information content (AvgIpc) is 3.50. The van der Waals surface area contributed by atoms with Crippen LogP contribution < -0.4 is 5.32 Å². The lowest BCUT2D eigenvalue weighted by atomic mass is 9.96. The zero-order valence-electron chi connectivity index (χ0n) is 15.4. The molecule has 0 spiro atoms. The van der Waals surface area contributed by atoms with E-state index in [1.807, 2.05) is 29.2 Å². The summed E-state index contributed by atoms with van der Waals surface area (Å²) in [5, 5.41) is 11.7. The van der Waals surface area contributed by atoms with Gasteiger partial charge in [0.1, 0.15) is 0 Å². The molecule has 1 unspecified atom stereocenters. The molecular formula is C20H26N2O4S. The van der Waals surface area contributed by atoms with Gasteiger partial charge in [0.05, 0.1) is 12.3 Å². The van der Waals surface area contributed by atoms with Gasteiger partial charge in [-0.25, -0.2) is 0 Å². The van der Waals surface area contributed by atoms with Crippen LogP contribution in [0.25, 0.3) is 0 Å². The molecule has 1 aliphatic carbocycles. The minimum absolute atomic E-state index is 0.0287. The van der Waals surface area contributed by atoms with E-state index < -0.39 is 5.97 Å². The number of carbonyl (C=O) groups is 3. The lowest BCUT2D eigenvalue weighted by molar-refractivity contribution is -0.137. The van der Waals surface area contributed by atoms with Gasteiger partial charge in [-0.1, -0.05) is 12.1 Å². The lowest BCUT2D eigenvalue weighted by Gasteiger charge is -2.32. The van der Waals surface area contributed by atoms with Gasteiger partial charge in [-0.2, -0.15) is 11.8 Å². The molecule has 6 nitrogen and oxygen atoms in total. The maximum Gasteiger partial charge on any atom is 0.304 e. The number of carboxylic acid groups (broad SMARTS) is 1. The number of carbonyl (C=O) groups excluding carboxylic acids is 2. The number of likely N-dealkylation sites (tertiary alicyclic amines) is 1. The summed E-state index contributed by atoms with van der Waals surface area (Å²) < 4.78 is 0. The molecule has 0 radical (unpaired) electrons. The van der Waals surface area contributed by atoms with E-state index in [9.17, 15) is 14.4 Å². The van der Waals surface area contributed by atoms with Crippen molar-refractivity contribution in [1.82, 2.24) is 4.90 Å². The summed E-state index contributed by atoms with van der Waals surface area (Å²) in [6.45, 7) is 1.29. The van der Waals surface area contributed by atoms with Crippen molar-refractivity contribution in [1.29, 1.82) is 0 Å². The Morgan fingerprint density at radius 1 is 1.19 bits per heavy atom. The second kappa shape index (κ2) is 9.26. The predicted molar refractivity (Wildman–Crippen MR) is 106 cm³/mol. The van der Waals surface area contributed by atoms with E-state index in [2.05, 4.69) is 5.32 Å². The standard InChI is InChI=1S/C20H26N2O4S/c23-18(24)8-10-27-13-14-3-1-5-17(11-14)21-19(25)16-4-2-9-22(12-16)20(26)15-6-7-15/h1,3,5,11,15-16H,2,4,6-10,12-13H2,(H,21,25)(H,23,24). The minimum atomic E-state index is -0.787. The molecule has 0 bridgehead atoms. The predicted octanol–water partition coefficient (Wildman–Crippen LogP) is 2.98. The van der Waals surface area contributed by atoms with Crippen LogP contribution in [0.4, 0.5) is 5.69 Å². The summed E-state index contributed by atoms with van der Waals surface area (Å²) in [4.78, 5) is 37.3. The molecule has 1 aromatic carbocycles. The number of hydrogen-bond acceptors (Lipinski definition) is 4. The second-order valence-corrected chi connectivity index (χ2v) is 8.39. The monoisotopic (exact) mass is 390 g/mol. The van der Waals surface area contributed by atoms with Crippen molar-refractivity contribution in [2.45, 2.75) is 37.9 Å². The number of nitrogens with one attached hydrogen (secondary N) is 1. The van der Waals surface area contributed by atoms with E-state index in [1.165, 1.54) is 0 Å². The first-order chi connectivity index (χ1) is 13.0. The summed E-state index contributed by atoms with van der Waals surface area (Å²) >= 11 is 1.56. The summed E-state index contributed by atoms with van der Waals surface area (Å²) in [5.74, 6) is 0.720. The molecule has 1 saturated carbocycles. The van der Waals surface area contributed by atoms with Gasteiger partial charge in [0.2, 0.25) is 11.8 Å². The van der Waals surface area contributed by atoms with Crippen molar-refractivity contribution in [3.63, 3.8) is 0 Å². The molecule has 1 aliphatic heterocycles. The van der Waals surface area contributed by atoms with E-state index in [0.29, 0.717) is 18.1 Å². The molecule has 2 amide bonds. The van der Waals surface area contributed by atoms with Crippen molar-refractivity contribution < 1.29 is 19.5 Å². The second-order valence-electron chi connectivity index (χ2n) is 7.28. The van der Waals surface area contributed by atoms with Crippen LogP contribution in [0.15, 0.2) is 24.3 Å². The van der Waals surface area contributed by atoms with Crippen LogP contribution >= 0.6 is 11.8 Å². The first-order valence-corrected chi connectivity index (χ1v) is 10.7. The Hall–Kier alpha value is -2.02. The highest BCUT2D eigenvalue weighted by Gasteiger charge is 2.36. The van der Waals surface area contributed by atoms with Gasteiger partial charge in [0.25, 0.3) is 0 Å². The number of hydrogen-bond donors (Lipinski definition) is 2. The molecule has 2 N–H and O–H groups in total. The van der Waals surface area contributed by atoms with Gasteiger partial charge in [-0.3, -0.25) is 14.4 Å². The number of benzene rings is 1. The average molecular weight is 391 g/mol. The third-order valence-electron chi connectivity index (χ3n) is 4.95. The largest absolute Gasteiger partial charge is 0.481 e. The molecule has 3 rings (SSSR count). The lowest BCUT2D eigenvalue weighted by Crippen LogP contribution is -2.44. The molecule has 1 heterocycles. The molecule has 27 heavy (non-hydrogen) atoms. The van der Waals surface area contributed by atoms with Crippen LogP contribution in [0.3, 0.4) is 0 Å². The van der Waals surface area contributed by atoms with Gasteiger partial charge in [0, 0.05) is 36.2 Å².